The Balaban J connectivity index is 5.20. The molecule has 0 radical (unpaired) electrons. The lowest BCUT2D eigenvalue weighted by Gasteiger charge is -2.30. The summed E-state index contributed by atoms with van der Waals surface area (Å²) in [5.74, 6) is -0.575. The number of likely N-dealkylation sites (N-methyl/N-ethyl adjacent to an activating group) is 1. The Morgan fingerprint density at radius 2 is 0.842 bits per heavy atom. The zero-order chi connectivity index (χ0) is 55.7. The number of carbonyl (C=O) groups is 2. The summed E-state index contributed by atoms with van der Waals surface area (Å²) in [6, 6.07) is -0.906. The number of amides is 1. The Kier molecular flexibility index (Phi) is 52.6. The molecule has 436 valence electrons. The highest BCUT2D eigenvalue weighted by molar-refractivity contribution is 7.45. The van der Waals surface area contributed by atoms with Gasteiger partial charge in [0.2, 0.25) is 5.91 Å². The van der Waals surface area contributed by atoms with Gasteiger partial charge in [0.1, 0.15) is 19.3 Å². The molecule has 1 N–H and O–H groups in total. The van der Waals surface area contributed by atoms with Crippen molar-refractivity contribution in [3.8, 4) is 0 Å². The SMILES string of the molecule is CC/C=C\C/C=C\C/C=C\C/C=C\C/C=C\C/C=C\CCCCCCCCC(=O)NC(COP(=O)([O-])OCC[N+](C)(C)C)C(/C=C\CCCCCCCCCCC)OC(=O)CCCCCCCCC/C=C/C/C=C/CC. The number of quaternary nitrogens is 1. The van der Waals surface area contributed by atoms with E-state index in [4.69, 9.17) is 13.8 Å². The van der Waals surface area contributed by atoms with Crippen molar-refractivity contribution in [1.29, 1.82) is 0 Å². The maximum Gasteiger partial charge on any atom is 0.306 e. The third kappa shape index (κ3) is 55.4. The largest absolute Gasteiger partial charge is 0.756 e. The van der Waals surface area contributed by atoms with Crippen molar-refractivity contribution in [3.63, 3.8) is 0 Å². The molecule has 0 saturated carbocycles. The van der Waals surface area contributed by atoms with Crippen LogP contribution in [0.2, 0.25) is 0 Å². The van der Waals surface area contributed by atoms with Gasteiger partial charge in [-0.25, -0.2) is 0 Å². The molecule has 3 atom stereocenters. The third-order valence-corrected chi connectivity index (χ3v) is 13.9. The molecule has 0 aliphatic rings. The molecule has 0 saturated heterocycles. The Labute approximate surface area is 468 Å². The number of hydrogen-bond donors (Lipinski definition) is 1. The van der Waals surface area contributed by atoms with Crippen LogP contribution >= 0.6 is 7.82 Å². The molecular formula is C66H115N2O7P. The predicted molar refractivity (Wildman–Crippen MR) is 325 cm³/mol. The minimum atomic E-state index is -4.71. The highest BCUT2D eigenvalue weighted by Gasteiger charge is 2.27. The molecule has 0 aliphatic carbocycles. The summed E-state index contributed by atoms with van der Waals surface area (Å²) in [6.07, 6.45) is 74.9. The molecule has 0 aromatic rings. The van der Waals surface area contributed by atoms with Crippen molar-refractivity contribution in [2.24, 2.45) is 0 Å². The first kappa shape index (κ1) is 72.7. The van der Waals surface area contributed by atoms with Crippen LogP contribution in [0.4, 0.5) is 0 Å². The lowest BCUT2D eigenvalue weighted by atomic mass is 10.1. The van der Waals surface area contributed by atoms with Crippen LogP contribution in [0.5, 0.6) is 0 Å². The fraction of sp³-hybridized carbons (Fsp3) is 0.697. The second-order valence-electron chi connectivity index (χ2n) is 21.4. The van der Waals surface area contributed by atoms with E-state index in [1.807, 2.05) is 33.3 Å². The number of unbranched alkanes of at least 4 members (excludes halogenated alkanes) is 22. The second-order valence-corrected chi connectivity index (χ2v) is 22.9. The molecule has 0 heterocycles. The number of rotatable bonds is 54. The van der Waals surface area contributed by atoms with Crippen LogP contribution in [0.3, 0.4) is 0 Å². The number of allylic oxidation sites excluding steroid dienone is 17. The Morgan fingerprint density at radius 3 is 1.26 bits per heavy atom. The van der Waals surface area contributed by atoms with Crippen LogP contribution in [0.15, 0.2) is 109 Å². The van der Waals surface area contributed by atoms with Gasteiger partial charge in [-0.2, -0.15) is 0 Å². The van der Waals surface area contributed by atoms with Gasteiger partial charge in [0.15, 0.2) is 0 Å². The van der Waals surface area contributed by atoms with Gasteiger partial charge in [-0.3, -0.25) is 14.2 Å². The molecule has 76 heavy (non-hydrogen) atoms. The minimum Gasteiger partial charge on any atom is -0.756 e. The average molecular weight is 1080 g/mol. The minimum absolute atomic E-state index is 0.0323. The number of esters is 1. The van der Waals surface area contributed by atoms with Gasteiger partial charge in [0.05, 0.1) is 33.8 Å². The van der Waals surface area contributed by atoms with Crippen molar-refractivity contribution < 1.29 is 37.3 Å². The number of carbonyl (C=O) groups excluding carboxylic acids is 2. The van der Waals surface area contributed by atoms with Crippen LogP contribution in [-0.2, 0) is 27.9 Å². The van der Waals surface area contributed by atoms with E-state index in [0.29, 0.717) is 30.3 Å². The number of hydrogen-bond acceptors (Lipinski definition) is 7. The molecule has 0 aromatic carbocycles. The fourth-order valence-electron chi connectivity index (χ4n) is 8.27. The summed E-state index contributed by atoms with van der Waals surface area (Å²) in [4.78, 5) is 39.9. The summed E-state index contributed by atoms with van der Waals surface area (Å²) in [6.45, 7) is 6.59. The van der Waals surface area contributed by atoms with Crippen LogP contribution in [0, 0.1) is 0 Å². The molecule has 1 amide bonds. The molecule has 3 unspecified atom stereocenters. The lowest BCUT2D eigenvalue weighted by molar-refractivity contribution is -0.870. The number of nitrogens with zero attached hydrogens (tertiary/aromatic N) is 1. The molecule has 9 nitrogen and oxygen atoms in total. The van der Waals surface area contributed by atoms with Crippen molar-refractivity contribution >= 4 is 19.7 Å². The van der Waals surface area contributed by atoms with Crippen molar-refractivity contribution in [2.75, 3.05) is 40.9 Å². The van der Waals surface area contributed by atoms with Crippen molar-refractivity contribution in [1.82, 2.24) is 5.32 Å². The van der Waals surface area contributed by atoms with E-state index in [-0.39, 0.29) is 24.9 Å². The Bertz CT molecular complexity index is 1670. The highest BCUT2D eigenvalue weighted by atomic mass is 31.2. The van der Waals surface area contributed by atoms with E-state index in [0.717, 1.165) is 135 Å². The average Bonchev–Trinajstić information content (AvgIpc) is 3.38. The zero-order valence-corrected chi connectivity index (χ0v) is 50.6. The molecule has 0 aliphatic heterocycles. The first-order valence-corrected chi connectivity index (χ1v) is 32.2. The first-order chi connectivity index (χ1) is 36.9. The Hall–Kier alpha value is -3.33. The molecular weight excluding hydrogens is 964 g/mol. The maximum atomic E-state index is 13.5. The van der Waals surface area contributed by atoms with Gasteiger partial charge >= 0.3 is 5.97 Å². The highest BCUT2D eigenvalue weighted by Crippen LogP contribution is 2.38. The summed E-state index contributed by atoms with van der Waals surface area (Å²) < 4.78 is 30.3. The van der Waals surface area contributed by atoms with Crippen molar-refractivity contribution in [3.05, 3.63) is 109 Å². The van der Waals surface area contributed by atoms with Crippen LogP contribution in [-0.4, -0.2) is 69.4 Å². The maximum absolute atomic E-state index is 13.5. The van der Waals surface area contributed by atoms with E-state index in [2.05, 4.69) is 123 Å². The molecule has 0 rings (SSSR count). The van der Waals surface area contributed by atoms with Gasteiger partial charge in [-0.05, 0) is 109 Å². The normalized spacial score (nSPS) is 14.5. The van der Waals surface area contributed by atoms with E-state index in [1.165, 1.54) is 64.2 Å². The molecule has 0 aromatic heterocycles. The molecule has 0 fully saturated rings. The zero-order valence-electron chi connectivity index (χ0n) is 49.7. The van der Waals surface area contributed by atoms with Gasteiger partial charge in [0, 0.05) is 12.8 Å². The second kappa shape index (κ2) is 55.0. The topological polar surface area (TPSA) is 114 Å². The summed E-state index contributed by atoms with van der Waals surface area (Å²) >= 11 is 0. The van der Waals surface area contributed by atoms with Crippen molar-refractivity contribution in [2.45, 2.75) is 258 Å². The van der Waals surface area contributed by atoms with E-state index in [9.17, 15) is 19.0 Å². The van der Waals surface area contributed by atoms with Gasteiger partial charge in [0.25, 0.3) is 7.82 Å². The number of ether oxygens (including phenoxy) is 1. The smallest absolute Gasteiger partial charge is 0.306 e. The van der Waals surface area contributed by atoms with E-state index >= 15 is 0 Å². The summed E-state index contributed by atoms with van der Waals surface area (Å²) in [7, 11) is 1.15. The lowest BCUT2D eigenvalue weighted by Crippen LogP contribution is -2.47. The number of phosphoric ester groups is 1. The van der Waals surface area contributed by atoms with Crippen LogP contribution in [0.25, 0.3) is 0 Å². The quantitative estimate of drug-likeness (QED) is 0.0212. The van der Waals surface area contributed by atoms with Gasteiger partial charge in [-0.15, -0.1) is 0 Å². The summed E-state index contributed by atoms with van der Waals surface area (Å²) in [5.41, 5.74) is 0. The van der Waals surface area contributed by atoms with Crippen LogP contribution < -0.4 is 10.2 Å². The van der Waals surface area contributed by atoms with Gasteiger partial charge in [-0.1, -0.05) is 233 Å². The van der Waals surface area contributed by atoms with Crippen LogP contribution in [0.1, 0.15) is 245 Å². The van der Waals surface area contributed by atoms with E-state index < -0.39 is 26.6 Å². The molecule has 10 heteroatoms. The summed E-state index contributed by atoms with van der Waals surface area (Å²) in [5, 5.41) is 3.01. The monoisotopic (exact) mass is 1080 g/mol. The number of nitrogens with one attached hydrogen (secondary N) is 1. The molecule has 0 spiro atoms. The van der Waals surface area contributed by atoms with E-state index in [1.54, 1.807) is 0 Å². The molecule has 0 bridgehead atoms. The third-order valence-electron chi connectivity index (χ3n) is 12.9. The number of phosphoric acid groups is 1. The Morgan fingerprint density at radius 1 is 0.474 bits per heavy atom. The first-order valence-electron chi connectivity index (χ1n) is 30.7. The van der Waals surface area contributed by atoms with Gasteiger partial charge < -0.3 is 28.5 Å². The predicted octanol–water partition coefficient (Wildman–Crippen LogP) is 18.3. The fourth-order valence-corrected chi connectivity index (χ4v) is 8.99. The standard InChI is InChI=1S/C66H115N2O7P/c1-7-10-13-16-19-22-25-27-29-30-31-32-33-34-35-36-37-38-39-40-43-46-49-52-55-58-65(69)67-63(62-74-76(71,72)73-61-60-68(4,5)6)64(57-54-51-48-45-42-24-21-18-15-12-9-3)75-66(70)59-56-53-50-47-44-41-28-26-23-20-17-14-11-8-2/h10-11,13-14,19-20,22-23,27,29,31-32,34-35,37-38,54,57,63-64H,7-9,12,15-18,21,24-26,28,30,33,36,39-53,55-56,58-62H2,1-6H3,(H-,67,69,71,72)/b13-10-,14-11+,22-19-,23-20+,29-27-,32-31-,35-34-,38-37-,57-54-.